The maximum atomic E-state index is 5.68. The van der Waals surface area contributed by atoms with Crippen molar-refractivity contribution in [1.82, 2.24) is 4.98 Å². The summed E-state index contributed by atoms with van der Waals surface area (Å²) >= 11 is 1.68. The van der Waals surface area contributed by atoms with Gasteiger partial charge in [-0.05, 0) is 6.92 Å². The molecule has 0 radical (unpaired) electrons. The van der Waals surface area contributed by atoms with E-state index in [-0.39, 0.29) is 5.41 Å². The normalized spacial score (nSPS) is 15.3. The van der Waals surface area contributed by atoms with Crippen molar-refractivity contribution >= 4 is 11.3 Å². The summed E-state index contributed by atoms with van der Waals surface area (Å²) in [7, 11) is 0. The van der Waals surface area contributed by atoms with E-state index in [0.29, 0.717) is 6.54 Å². The average Bonchev–Trinajstić information content (AvgIpc) is 2.51. The lowest BCUT2D eigenvalue weighted by molar-refractivity contribution is 0.434. The van der Waals surface area contributed by atoms with Crippen LogP contribution in [0, 0.1) is 12.3 Å². The highest BCUT2D eigenvalue weighted by Gasteiger charge is 2.19. The zero-order chi connectivity index (χ0) is 9.90. The number of aromatic nitrogens is 1. The van der Waals surface area contributed by atoms with Crippen LogP contribution in [-0.4, -0.2) is 11.5 Å². The monoisotopic (exact) mass is 196 g/mol. The third-order valence-electron chi connectivity index (χ3n) is 2.21. The van der Waals surface area contributed by atoms with Crippen molar-refractivity contribution in [2.24, 2.45) is 11.1 Å². The van der Waals surface area contributed by atoms with Gasteiger partial charge in [-0.2, -0.15) is 0 Å². The van der Waals surface area contributed by atoms with Crippen molar-refractivity contribution in [3.05, 3.63) is 28.7 Å². The van der Waals surface area contributed by atoms with Gasteiger partial charge in [-0.25, -0.2) is 4.98 Å². The molecule has 2 nitrogen and oxygen atoms in total. The summed E-state index contributed by atoms with van der Waals surface area (Å²) in [6, 6.07) is 0. The molecule has 1 heterocycles. The predicted molar refractivity (Wildman–Crippen MR) is 57.9 cm³/mol. The lowest BCUT2D eigenvalue weighted by atomic mass is 9.86. The minimum Gasteiger partial charge on any atom is -0.330 e. The van der Waals surface area contributed by atoms with E-state index >= 15 is 0 Å². The number of hydrogen-bond acceptors (Lipinski definition) is 3. The Kier molecular flexibility index (Phi) is 3.22. The van der Waals surface area contributed by atoms with Crippen LogP contribution in [0.25, 0.3) is 0 Å². The first-order chi connectivity index (χ1) is 6.09. The van der Waals surface area contributed by atoms with Crippen LogP contribution in [0.1, 0.15) is 17.6 Å². The number of hydrogen-bond donors (Lipinski definition) is 1. The second kappa shape index (κ2) is 4.03. The standard InChI is InChI=1S/C10H16N2S/c1-4-10(3,7-11)5-9-6-13-8(2)12-9/h4,6H,1,5,7,11H2,2-3H3. The molecular formula is C10H16N2S. The van der Waals surface area contributed by atoms with Gasteiger partial charge in [0.15, 0.2) is 0 Å². The van der Waals surface area contributed by atoms with Crippen molar-refractivity contribution in [1.29, 1.82) is 0 Å². The van der Waals surface area contributed by atoms with Gasteiger partial charge in [0, 0.05) is 23.8 Å². The van der Waals surface area contributed by atoms with Gasteiger partial charge in [0.05, 0.1) is 10.7 Å². The Labute approximate surface area is 83.5 Å². The molecular weight excluding hydrogens is 180 g/mol. The Hall–Kier alpha value is -0.670. The van der Waals surface area contributed by atoms with Crippen LogP contribution >= 0.6 is 11.3 Å². The predicted octanol–water partition coefficient (Wildman–Crippen LogP) is 2.15. The van der Waals surface area contributed by atoms with E-state index in [1.165, 1.54) is 0 Å². The van der Waals surface area contributed by atoms with Crippen molar-refractivity contribution in [3.8, 4) is 0 Å². The van der Waals surface area contributed by atoms with Crippen LogP contribution in [0.15, 0.2) is 18.0 Å². The minimum absolute atomic E-state index is 0.0134. The van der Waals surface area contributed by atoms with E-state index in [1.807, 2.05) is 13.0 Å². The van der Waals surface area contributed by atoms with Crippen LogP contribution in [-0.2, 0) is 6.42 Å². The quantitative estimate of drug-likeness (QED) is 0.749. The Bertz CT molecular complexity index is 293. The van der Waals surface area contributed by atoms with Crippen molar-refractivity contribution < 1.29 is 0 Å². The number of rotatable bonds is 4. The maximum Gasteiger partial charge on any atom is 0.0897 e. The molecule has 1 atom stereocenters. The van der Waals surface area contributed by atoms with E-state index in [1.54, 1.807) is 11.3 Å². The Morgan fingerprint density at radius 2 is 2.46 bits per heavy atom. The molecule has 0 amide bonds. The van der Waals surface area contributed by atoms with Crippen LogP contribution in [0.5, 0.6) is 0 Å². The fraction of sp³-hybridized carbons (Fsp3) is 0.500. The van der Waals surface area contributed by atoms with Gasteiger partial charge in [0.25, 0.3) is 0 Å². The largest absolute Gasteiger partial charge is 0.330 e. The molecule has 13 heavy (non-hydrogen) atoms. The first-order valence-electron chi connectivity index (χ1n) is 4.34. The average molecular weight is 196 g/mol. The zero-order valence-corrected chi connectivity index (χ0v) is 9.03. The van der Waals surface area contributed by atoms with Gasteiger partial charge in [-0.1, -0.05) is 13.0 Å². The summed E-state index contributed by atoms with van der Waals surface area (Å²) in [5.74, 6) is 0. The van der Waals surface area contributed by atoms with E-state index in [4.69, 9.17) is 5.73 Å². The summed E-state index contributed by atoms with van der Waals surface area (Å²) < 4.78 is 0. The molecule has 0 saturated carbocycles. The second-order valence-corrected chi connectivity index (χ2v) is 4.66. The number of nitrogens with two attached hydrogens (primary N) is 1. The summed E-state index contributed by atoms with van der Waals surface area (Å²) in [6.45, 7) is 8.54. The summed E-state index contributed by atoms with van der Waals surface area (Å²) in [5, 5.41) is 3.20. The van der Waals surface area contributed by atoms with E-state index < -0.39 is 0 Å². The zero-order valence-electron chi connectivity index (χ0n) is 8.21. The van der Waals surface area contributed by atoms with Crippen LogP contribution in [0.3, 0.4) is 0 Å². The molecule has 1 aromatic heterocycles. The molecule has 0 aliphatic carbocycles. The molecule has 0 fully saturated rings. The van der Waals surface area contributed by atoms with Gasteiger partial charge in [0.2, 0.25) is 0 Å². The highest BCUT2D eigenvalue weighted by molar-refractivity contribution is 7.09. The molecule has 1 rings (SSSR count). The lowest BCUT2D eigenvalue weighted by Gasteiger charge is -2.22. The molecule has 0 saturated heterocycles. The molecule has 0 bridgehead atoms. The van der Waals surface area contributed by atoms with Gasteiger partial charge >= 0.3 is 0 Å². The van der Waals surface area contributed by atoms with Gasteiger partial charge in [-0.15, -0.1) is 17.9 Å². The van der Waals surface area contributed by atoms with Gasteiger partial charge < -0.3 is 5.73 Å². The number of aryl methyl sites for hydroxylation is 1. The van der Waals surface area contributed by atoms with Crippen LogP contribution in [0.4, 0.5) is 0 Å². The SMILES string of the molecule is C=CC(C)(CN)Cc1csc(C)n1. The highest BCUT2D eigenvalue weighted by atomic mass is 32.1. The summed E-state index contributed by atoms with van der Waals surface area (Å²) in [5.41, 5.74) is 6.78. The Morgan fingerprint density at radius 1 is 1.77 bits per heavy atom. The summed E-state index contributed by atoms with van der Waals surface area (Å²) in [4.78, 5) is 4.41. The topological polar surface area (TPSA) is 38.9 Å². The minimum atomic E-state index is -0.0134. The highest BCUT2D eigenvalue weighted by Crippen LogP contribution is 2.23. The molecule has 2 N–H and O–H groups in total. The number of thiazole rings is 1. The van der Waals surface area contributed by atoms with E-state index in [9.17, 15) is 0 Å². The third kappa shape index (κ3) is 2.64. The second-order valence-electron chi connectivity index (χ2n) is 3.60. The lowest BCUT2D eigenvalue weighted by Crippen LogP contribution is -2.27. The van der Waals surface area contributed by atoms with E-state index in [0.717, 1.165) is 17.1 Å². The third-order valence-corrected chi connectivity index (χ3v) is 3.03. The molecule has 0 aliphatic rings. The first-order valence-corrected chi connectivity index (χ1v) is 5.22. The van der Waals surface area contributed by atoms with E-state index in [2.05, 4.69) is 23.9 Å². The molecule has 3 heteroatoms. The molecule has 72 valence electrons. The Balaban J connectivity index is 2.72. The smallest absolute Gasteiger partial charge is 0.0897 e. The fourth-order valence-corrected chi connectivity index (χ4v) is 1.74. The van der Waals surface area contributed by atoms with Crippen LogP contribution < -0.4 is 5.73 Å². The molecule has 0 spiro atoms. The number of nitrogens with zero attached hydrogens (tertiary/aromatic N) is 1. The van der Waals surface area contributed by atoms with Gasteiger partial charge in [-0.3, -0.25) is 0 Å². The molecule has 0 aliphatic heterocycles. The van der Waals surface area contributed by atoms with Crippen molar-refractivity contribution in [2.45, 2.75) is 20.3 Å². The fourth-order valence-electron chi connectivity index (χ4n) is 1.13. The van der Waals surface area contributed by atoms with Crippen molar-refractivity contribution in [3.63, 3.8) is 0 Å². The Morgan fingerprint density at radius 3 is 2.85 bits per heavy atom. The molecule has 1 aromatic rings. The molecule has 0 aromatic carbocycles. The summed E-state index contributed by atoms with van der Waals surface area (Å²) in [6.07, 6.45) is 2.80. The molecule has 1 unspecified atom stereocenters. The maximum absolute atomic E-state index is 5.68. The van der Waals surface area contributed by atoms with Crippen LogP contribution in [0.2, 0.25) is 0 Å². The van der Waals surface area contributed by atoms with Crippen molar-refractivity contribution in [2.75, 3.05) is 6.54 Å². The van der Waals surface area contributed by atoms with Gasteiger partial charge in [0.1, 0.15) is 0 Å². The first kappa shape index (κ1) is 10.4.